The molecule has 0 saturated heterocycles. The van der Waals surface area contributed by atoms with Crippen LogP contribution in [0.3, 0.4) is 0 Å². The number of imidazole rings is 1. The highest BCUT2D eigenvalue weighted by molar-refractivity contribution is 5.93. The van der Waals surface area contributed by atoms with Gasteiger partial charge in [-0.05, 0) is 25.0 Å². The zero-order valence-electron chi connectivity index (χ0n) is 9.60. The molecule has 0 aliphatic heterocycles. The molecule has 4 heteroatoms. The minimum Gasteiger partial charge on any atom is -0.348 e. The van der Waals surface area contributed by atoms with Gasteiger partial charge in [-0.1, -0.05) is 18.9 Å². The number of amides is 1. The maximum atomic E-state index is 12.0. The molecule has 1 aliphatic rings. The van der Waals surface area contributed by atoms with Gasteiger partial charge in [-0.2, -0.15) is 0 Å². The van der Waals surface area contributed by atoms with Crippen molar-refractivity contribution in [3.8, 4) is 0 Å². The van der Waals surface area contributed by atoms with Gasteiger partial charge in [-0.3, -0.25) is 4.79 Å². The number of pyridine rings is 1. The molecule has 17 heavy (non-hydrogen) atoms. The number of fused-ring (bicyclic) bond motifs is 1. The Kier molecular flexibility index (Phi) is 2.55. The summed E-state index contributed by atoms with van der Waals surface area (Å²) in [5, 5.41) is 3.04. The molecule has 2 aromatic heterocycles. The number of carbonyl (C=O) groups is 1. The topological polar surface area (TPSA) is 46.4 Å². The molecule has 4 nitrogen and oxygen atoms in total. The fourth-order valence-electron chi connectivity index (χ4n) is 2.37. The molecular formula is C13H15N3O. The molecule has 1 N–H and O–H groups in total. The van der Waals surface area contributed by atoms with Crippen LogP contribution in [0.5, 0.6) is 0 Å². The molecule has 0 spiro atoms. The van der Waals surface area contributed by atoms with Crippen LogP contribution < -0.4 is 5.32 Å². The van der Waals surface area contributed by atoms with E-state index in [0.717, 1.165) is 18.5 Å². The molecule has 2 heterocycles. The van der Waals surface area contributed by atoms with Crippen molar-refractivity contribution >= 4 is 11.6 Å². The Balaban J connectivity index is 1.80. The largest absolute Gasteiger partial charge is 0.348 e. The van der Waals surface area contributed by atoms with Gasteiger partial charge in [0.2, 0.25) is 0 Å². The van der Waals surface area contributed by atoms with E-state index in [1.54, 1.807) is 6.20 Å². The van der Waals surface area contributed by atoms with E-state index < -0.39 is 0 Å². The predicted octanol–water partition coefficient (Wildman–Crippen LogP) is 2.01. The van der Waals surface area contributed by atoms with E-state index in [9.17, 15) is 4.79 Å². The lowest BCUT2D eigenvalue weighted by atomic mass is 10.2. The molecule has 0 bridgehead atoms. The van der Waals surface area contributed by atoms with Crippen LogP contribution in [0.15, 0.2) is 30.6 Å². The molecule has 0 unspecified atom stereocenters. The molecule has 2 aromatic rings. The van der Waals surface area contributed by atoms with Crippen LogP contribution in [0, 0.1) is 0 Å². The van der Waals surface area contributed by atoms with E-state index in [2.05, 4.69) is 10.3 Å². The van der Waals surface area contributed by atoms with Crippen molar-refractivity contribution in [2.24, 2.45) is 0 Å². The normalized spacial score (nSPS) is 16.5. The molecule has 0 radical (unpaired) electrons. The first-order chi connectivity index (χ1) is 8.33. The van der Waals surface area contributed by atoms with E-state index in [1.807, 2.05) is 28.8 Å². The zero-order valence-corrected chi connectivity index (χ0v) is 9.60. The molecular weight excluding hydrogens is 214 g/mol. The summed E-state index contributed by atoms with van der Waals surface area (Å²) in [6, 6.07) is 6.08. The van der Waals surface area contributed by atoms with Crippen molar-refractivity contribution in [3.05, 3.63) is 36.3 Å². The number of nitrogens with zero attached hydrogens (tertiary/aromatic N) is 2. The summed E-state index contributed by atoms with van der Waals surface area (Å²) >= 11 is 0. The Morgan fingerprint density at radius 2 is 2.18 bits per heavy atom. The first-order valence-corrected chi connectivity index (χ1v) is 6.07. The van der Waals surface area contributed by atoms with Crippen LogP contribution in [-0.2, 0) is 0 Å². The summed E-state index contributed by atoms with van der Waals surface area (Å²) in [4.78, 5) is 16.3. The van der Waals surface area contributed by atoms with Gasteiger partial charge >= 0.3 is 0 Å². The lowest BCUT2D eigenvalue weighted by molar-refractivity contribution is 0.0933. The standard InChI is InChI=1S/C13H15N3O/c17-13(14-10-5-1-2-6-10)11-9-16-8-4-3-7-12(16)15-11/h3-4,7-10H,1-2,5-6H2,(H,14,17). The second kappa shape index (κ2) is 4.20. The molecule has 1 aliphatic carbocycles. The number of hydrogen-bond donors (Lipinski definition) is 1. The van der Waals surface area contributed by atoms with Crippen molar-refractivity contribution < 1.29 is 4.79 Å². The van der Waals surface area contributed by atoms with Gasteiger partial charge in [0.1, 0.15) is 11.3 Å². The Morgan fingerprint density at radius 1 is 1.35 bits per heavy atom. The van der Waals surface area contributed by atoms with Gasteiger partial charge in [-0.15, -0.1) is 0 Å². The molecule has 3 rings (SSSR count). The lowest BCUT2D eigenvalue weighted by Gasteiger charge is -2.09. The van der Waals surface area contributed by atoms with Crippen molar-refractivity contribution in [1.82, 2.24) is 14.7 Å². The summed E-state index contributed by atoms with van der Waals surface area (Å²) in [6.07, 6.45) is 8.30. The van der Waals surface area contributed by atoms with Gasteiger partial charge in [-0.25, -0.2) is 4.98 Å². The molecule has 1 saturated carbocycles. The highest BCUT2D eigenvalue weighted by Crippen LogP contribution is 2.18. The van der Waals surface area contributed by atoms with E-state index in [0.29, 0.717) is 11.7 Å². The minimum absolute atomic E-state index is 0.0550. The molecule has 1 fully saturated rings. The third kappa shape index (κ3) is 2.02. The Hall–Kier alpha value is -1.84. The van der Waals surface area contributed by atoms with Gasteiger partial charge < -0.3 is 9.72 Å². The summed E-state index contributed by atoms with van der Waals surface area (Å²) in [5.74, 6) is -0.0550. The smallest absolute Gasteiger partial charge is 0.271 e. The summed E-state index contributed by atoms with van der Waals surface area (Å²) < 4.78 is 1.86. The van der Waals surface area contributed by atoms with Crippen molar-refractivity contribution in [2.75, 3.05) is 0 Å². The number of hydrogen-bond acceptors (Lipinski definition) is 2. The van der Waals surface area contributed by atoms with Crippen LogP contribution in [0.1, 0.15) is 36.2 Å². The zero-order chi connectivity index (χ0) is 11.7. The second-order valence-corrected chi connectivity index (χ2v) is 4.55. The SMILES string of the molecule is O=C(NC1CCCC1)c1cn2ccccc2n1. The van der Waals surface area contributed by atoms with Crippen LogP contribution >= 0.6 is 0 Å². The Labute approximate surface area is 99.7 Å². The fraction of sp³-hybridized carbons (Fsp3) is 0.385. The molecule has 1 amide bonds. The predicted molar refractivity (Wildman–Crippen MR) is 64.9 cm³/mol. The second-order valence-electron chi connectivity index (χ2n) is 4.55. The maximum absolute atomic E-state index is 12.0. The summed E-state index contributed by atoms with van der Waals surface area (Å²) in [5.41, 5.74) is 1.31. The number of nitrogens with one attached hydrogen (secondary N) is 1. The average Bonchev–Trinajstić information content (AvgIpc) is 2.96. The number of rotatable bonds is 2. The van der Waals surface area contributed by atoms with Crippen molar-refractivity contribution in [3.63, 3.8) is 0 Å². The number of carbonyl (C=O) groups excluding carboxylic acids is 1. The monoisotopic (exact) mass is 229 g/mol. The number of aromatic nitrogens is 2. The van der Waals surface area contributed by atoms with Crippen molar-refractivity contribution in [1.29, 1.82) is 0 Å². The van der Waals surface area contributed by atoms with Gasteiger partial charge in [0.05, 0.1) is 0 Å². The average molecular weight is 229 g/mol. The van der Waals surface area contributed by atoms with Crippen LogP contribution in [0.2, 0.25) is 0 Å². The van der Waals surface area contributed by atoms with Crippen LogP contribution in [0.25, 0.3) is 5.65 Å². The Morgan fingerprint density at radius 3 is 2.94 bits per heavy atom. The van der Waals surface area contributed by atoms with Crippen LogP contribution in [0.4, 0.5) is 0 Å². The van der Waals surface area contributed by atoms with E-state index in [-0.39, 0.29) is 5.91 Å². The minimum atomic E-state index is -0.0550. The van der Waals surface area contributed by atoms with Crippen molar-refractivity contribution in [2.45, 2.75) is 31.7 Å². The van der Waals surface area contributed by atoms with E-state index in [1.165, 1.54) is 12.8 Å². The highest BCUT2D eigenvalue weighted by atomic mass is 16.2. The highest BCUT2D eigenvalue weighted by Gasteiger charge is 2.19. The van der Waals surface area contributed by atoms with Gasteiger partial charge in [0.15, 0.2) is 0 Å². The maximum Gasteiger partial charge on any atom is 0.271 e. The summed E-state index contributed by atoms with van der Waals surface area (Å²) in [6.45, 7) is 0. The van der Waals surface area contributed by atoms with Gasteiger partial charge in [0, 0.05) is 18.4 Å². The summed E-state index contributed by atoms with van der Waals surface area (Å²) in [7, 11) is 0. The van der Waals surface area contributed by atoms with Crippen LogP contribution in [-0.4, -0.2) is 21.3 Å². The molecule has 0 aromatic carbocycles. The molecule has 88 valence electrons. The lowest BCUT2D eigenvalue weighted by Crippen LogP contribution is -2.32. The third-order valence-electron chi connectivity index (χ3n) is 3.29. The Bertz CT molecular complexity index is 507. The third-order valence-corrected chi connectivity index (χ3v) is 3.29. The fourth-order valence-corrected chi connectivity index (χ4v) is 2.37. The quantitative estimate of drug-likeness (QED) is 0.856. The van der Waals surface area contributed by atoms with E-state index >= 15 is 0 Å². The van der Waals surface area contributed by atoms with Gasteiger partial charge in [0.25, 0.3) is 5.91 Å². The first-order valence-electron chi connectivity index (χ1n) is 6.07. The molecule has 0 atom stereocenters. The first kappa shape index (κ1) is 10.3. The van der Waals surface area contributed by atoms with E-state index in [4.69, 9.17) is 0 Å².